The summed E-state index contributed by atoms with van der Waals surface area (Å²) < 4.78 is 28.0. The molecule has 9 nitrogen and oxygen atoms in total. The molecule has 0 radical (unpaired) electrons. The van der Waals surface area contributed by atoms with E-state index in [2.05, 4.69) is 10.0 Å². The first-order chi connectivity index (χ1) is 12.1. The third-order valence-corrected chi connectivity index (χ3v) is 4.10. The van der Waals surface area contributed by atoms with Crippen LogP contribution < -0.4 is 0 Å². The SMILES string of the molecule is CO[C@@H]1O[C@@H]2CO[C@@H](c3ccccc3)O[C@@H]2[C@@H](N=[N+]=[N-])[C@H]1OC(C)=O. The minimum atomic E-state index is -0.908. The van der Waals surface area contributed by atoms with E-state index in [-0.39, 0.29) is 6.61 Å². The van der Waals surface area contributed by atoms with Crippen LogP contribution in [0, 0.1) is 0 Å². The highest BCUT2D eigenvalue weighted by Gasteiger charge is 2.51. The Morgan fingerprint density at radius 3 is 2.72 bits per heavy atom. The Balaban J connectivity index is 1.86. The molecule has 25 heavy (non-hydrogen) atoms. The molecule has 1 aromatic carbocycles. The van der Waals surface area contributed by atoms with Crippen molar-refractivity contribution in [2.75, 3.05) is 13.7 Å². The predicted molar refractivity (Wildman–Crippen MR) is 84.2 cm³/mol. The highest BCUT2D eigenvalue weighted by molar-refractivity contribution is 5.66. The number of hydrogen-bond donors (Lipinski definition) is 0. The number of benzene rings is 1. The molecule has 1 aromatic rings. The highest BCUT2D eigenvalue weighted by Crippen LogP contribution is 2.36. The van der Waals surface area contributed by atoms with Gasteiger partial charge in [-0.05, 0) is 5.53 Å². The molecule has 0 unspecified atom stereocenters. The van der Waals surface area contributed by atoms with Crippen LogP contribution in [0.3, 0.4) is 0 Å². The van der Waals surface area contributed by atoms with Gasteiger partial charge in [0.2, 0.25) is 0 Å². The molecular weight excluding hydrogens is 330 g/mol. The van der Waals surface area contributed by atoms with Gasteiger partial charge in [0, 0.05) is 24.5 Å². The molecule has 2 fully saturated rings. The van der Waals surface area contributed by atoms with Gasteiger partial charge in [-0.1, -0.05) is 35.4 Å². The van der Waals surface area contributed by atoms with Gasteiger partial charge in [-0.15, -0.1) is 0 Å². The van der Waals surface area contributed by atoms with E-state index in [0.717, 1.165) is 5.56 Å². The first-order valence-corrected chi connectivity index (χ1v) is 7.85. The van der Waals surface area contributed by atoms with Crippen LogP contribution in [-0.4, -0.2) is 50.3 Å². The second-order valence-electron chi connectivity index (χ2n) is 5.72. The van der Waals surface area contributed by atoms with Crippen LogP contribution in [0.4, 0.5) is 0 Å². The average molecular weight is 349 g/mol. The summed E-state index contributed by atoms with van der Waals surface area (Å²) in [7, 11) is 1.42. The van der Waals surface area contributed by atoms with Crippen LogP contribution in [0.1, 0.15) is 18.8 Å². The number of fused-ring (bicyclic) bond motifs is 1. The van der Waals surface area contributed by atoms with Gasteiger partial charge in [-0.3, -0.25) is 4.79 Å². The minimum absolute atomic E-state index is 0.230. The van der Waals surface area contributed by atoms with Crippen molar-refractivity contribution in [2.24, 2.45) is 5.11 Å². The van der Waals surface area contributed by atoms with Crippen LogP contribution in [0.5, 0.6) is 0 Å². The van der Waals surface area contributed by atoms with Crippen molar-refractivity contribution in [3.63, 3.8) is 0 Å². The molecule has 0 bridgehead atoms. The van der Waals surface area contributed by atoms with Gasteiger partial charge in [-0.25, -0.2) is 0 Å². The standard InChI is InChI=1S/C16H19N3O6/c1-9(20)23-14-12(18-19-17)13-11(24-16(14)21-2)8-22-15(25-13)10-6-4-3-5-7-10/h3-7,11-16H,8H2,1-2H3/t11-,12-,13+,14-,15-,16-/m1/s1. The molecule has 2 heterocycles. The topological polar surface area (TPSA) is 112 Å². The number of carbonyl (C=O) groups excluding carboxylic acids is 1. The van der Waals surface area contributed by atoms with Crippen LogP contribution in [0.25, 0.3) is 10.4 Å². The van der Waals surface area contributed by atoms with Crippen molar-refractivity contribution in [1.29, 1.82) is 0 Å². The van der Waals surface area contributed by atoms with E-state index in [1.165, 1.54) is 14.0 Å². The summed E-state index contributed by atoms with van der Waals surface area (Å²) >= 11 is 0. The molecule has 0 N–H and O–H groups in total. The lowest BCUT2D eigenvalue weighted by molar-refractivity contribution is -0.338. The van der Waals surface area contributed by atoms with E-state index < -0.39 is 42.9 Å². The number of esters is 1. The van der Waals surface area contributed by atoms with Gasteiger partial charge in [0.25, 0.3) is 0 Å². The quantitative estimate of drug-likeness (QED) is 0.356. The molecule has 2 saturated heterocycles. The first kappa shape index (κ1) is 17.7. The number of ether oxygens (including phenoxy) is 5. The van der Waals surface area contributed by atoms with Crippen LogP contribution in [0.15, 0.2) is 35.4 Å². The zero-order valence-electron chi connectivity index (χ0n) is 13.8. The number of carbonyl (C=O) groups is 1. The Bertz CT molecular complexity index is 651. The van der Waals surface area contributed by atoms with Crippen LogP contribution >= 0.6 is 0 Å². The summed E-state index contributed by atoms with van der Waals surface area (Å²) in [6.07, 6.45) is -3.55. The predicted octanol–water partition coefficient (Wildman–Crippen LogP) is 2.08. The molecule has 2 aliphatic rings. The van der Waals surface area contributed by atoms with Gasteiger partial charge in [-0.2, -0.15) is 0 Å². The molecule has 9 heteroatoms. The van der Waals surface area contributed by atoms with Gasteiger partial charge >= 0.3 is 5.97 Å². The zero-order valence-corrected chi connectivity index (χ0v) is 13.8. The summed E-state index contributed by atoms with van der Waals surface area (Å²) in [5.74, 6) is -0.529. The van der Waals surface area contributed by atoms with E-state index in [9.17, 15) is 4.79 Å². The summed E-state index contributed by atoms with van der Waals surface area (Å²) in [6, 6.07) is 8.59. The molecule has 0 saturated carbocycles. The van der Waals surface area contributed by atoms with E-state index in [4.69, 9.17) is 29.2 Å². The molecule has 0 amide bonds. The van der Waals surface area contributed by atoms with Crippen molar-refractivity contribution in [3.05, 3.63) is 46.3 Å². The fourth-order valence-corrected chi connectivity index (χ4v) is 3.04. The maximum atomic E-state index is 11.4. The molecule has 3 rings (SSSR count). The number of azide groups is 1. The third kappa shape index (κ3) is 3.76. The van der Waals surface area contributed by atoms with E-state index in [1.807, 2.05) is 30.3 Å². The van der Waals surface area contributed by atoms with Crippen LogP contribution in [-0.2, 0) is 28.5 Å². The van der Waals surface area contributed by atoms with E-state index in [1.54, 1.807) is 0 Å². The fraction of sp³-hybridized carbons (Fsp3) is 0.562. The van der Waals surface area contributed by atoms with Gasteiger partial charge in [0.05, 0.1) is 6.61 Å². The lowest BCUT2D eigenvalue weighted by atomic mass is 9.95. The average Bonchev–Trinajstić information content (AvgIpc) is 2.63. The highest BCUT2D eigenvalue weighted by atomic mass is 16.8. The monoisotopic (exact) mass is 349 g/mol. The first-order valence-electron chi connectivity index (χ1n) is 7.85. The largest absolute Gasteiger partial charge is 0.457 e. The molecule has 134 valence electrons. The van der Waals surface area contributed by atoms with E-state index >= 15 is 0 Å². The van der Waals surface area contributed by atoms with Crippen molar-refractivity contribution < 1.29 is 28.5 Å². The summed E-state index contributed by atoms with van der Waals surface area (Å²) in [4.78, 5) is 14.3. The number of nitrogens with zero attached hydrogens (tertiary/aromatic N) is 3. The summed E-state index contributed by atoms with van der Waals surface area (Å²) in [5, 5.41) is 3.79. The second kappa shape index (κ2) is 7.81. The van der Waals surface area contributed by atoms with Crippen molar-refractivity contribution in [1.82, 2.24) is 0 Å². The Morgan fingerprint density at radius 2 is 2.08 bits per heavy atom. The van der Waals surface area contributed by atoms with Gasteiger partial charge < -0.3 is 23.7 Å². The lowest BCUT2D eigenvalue weighted by Crippen LogP contribution is -2.62. The number of rotatable bonds is 4. The molecule has 0 aliphatic carbocycles. The molecule has 0 aromatic heterocycles. The maximum Gasteiger partial charge on any atom is 0.303 e. The number of methoxy groups -OCH3 is 1. The molecular formula is C16H19N3O6. The zero-order chi connectivity index (χ0) is 17.8. The Morgan fingerprint density at radius 1 is 1.32 bits per heavy atom. The van der Waals surface area contributed by atoms with Gasteiger partial charge in [0.1, 0.15) is 18.2 Å². The normalized spacial score (nSPS) is 34.5. The second-order valence-corrected chi connectivity index (χ2v) is 5.72. The number of hydrogen-bond acceptors (Lipinski definition) is 7. The lowest BCUT2D eigenvalue weighted by Gasteiger charge is -2.47. The Labute approximate surface area is 144 Å². The fourth-order valence-electron chi connectivity index (χ4n) is 3.04. The van der Waals surface area contributed by atoms with E-state index in [0.29, 0.717) is 0 Å². The third-order valence-electron chi connectivity index (χ3n) is 4.10. The molecule has 2 aliphatic heterocycles. The minimum Gasteiger partial charge on any atom is -0.457 e. The van der Waals surface area contributed by atoms with Crippen molar-refractivity contribution in [3.8, 4) is 0 Å². The maximum absolute atomic E-state index is 11.4. The Hall–Kier alpha value is -2.16. The van der Waals surface area contributed by atoms with Crippen LogP contribution in [0.2, 0.25) is 0 Å². The van der Waals surface area contributed by atoms with Gasteiger partial charge in [0.15, 0.2) is 18.7 Å². The molecule has 0 spiro atoms. The van der Waals surface area contributed by atoms with Crippen molar-refractivity contribution >= 4 is 5.97 Å². The molecule has 6 atom stereocenters. The summed E-state index contributed by atoms with van der Waals surface area (Å²) in [6.45, 7) is 1.50. The summed E-state index contributed by atoms with van der Waals surface area (Å²) in [5.41, 5.74) is 9.78. The van der Waals surface area contributed by atoms with Crippen molar-refractivity contribution in [2.45, 2.75) is 43.9 Å². The Kier molecular flexibility index (Phi) is 5.52. The smallest absolute Gasteiger partial charge is 0.303 e.